The average molecular weight is 420 g/mol. The first-order chi connectivity index (χ1) is 15.0. The molecule has 2 aromatic carbocycles. The first-order valence-electron chi connectivity index (χ1n) is 9.95. The van der Waals surface area contributed by atoms with Crippen molar-refractivity contribution in [2.24, 2.45) is 7.05 Å². The SMILES string of the molecule is COc1ccc(C(=O)N2CCC(NC(=O)c3ccccc3)c3c2cnn3C)cc1OC. The van der Waals surface area contributed by atoms with Gasteiger partial charge in [0.25, 0.3) is 11.8 Å². The van der Waals surface area contributed by atoms with Gasteiger partial charge in [-0.2, -0.15) is 5.10 Å². The highest BCUT2D eigenvalue weighted by Crippen LogP contribution is 2.35. The summed E-state index contributed by atoms with van der Waals surface area (Å²) in [6.07, 6.45) is 2.24. The molecule has 0 bridgehead atoms. The number of ether oxygens (including phenoxy) is 2. The molecule has 0 saturated carbocycles. The van der Waals surface area contributed by atoms with E-state index in [1.54, 1.807) is 53.2 Å². The minimum atomic E-state index is -0.246. The van der Waals surface area contributed by atoms with E-state index in [0.717, 1.165) is 5.69 Å². The fourth-order valence-corrected chi connectivity index (χ4v) is 3.87. The molecule has 0 radical (unpaired) electrons. The zero-order valence-corrected chi connectivity index (χ0v) is 17.7. The Morgan fingerprint density at radius 2 is 1.77 bits per heavy atom. The summed E-state index contributed by atoms with van der Waals surface area (Å²) in [7, 11) is 4.90. The molecule has 31 heavy (non-hydrogen) atoms. The second kappa shape index (κ2) is 8.51. The predicted octanol–water partition coefficient (Wildman–Crippen LogP) is 2.96. The van der Waals surface area contributed by atoms with Crippen LogP contribution in [0.15, 0.2) is 54.7 Å². The number of benzene rings is 2. The van der Waals surface area contributed by atoms with Gasteiger partial charge in [0.15, 0.2) is 11.5 Å². The molecule has 1 aliphatic rings. The van der Waals surface area contributed by atoms with E-state index in [1.807, 2.05) is 25.2 Å². The van der Waals surface area contributed by atoms with E-state index >= 15 is 0 Å². The van der Waals surface area contributed by atoms with E-state index in [-0.39, 0.29) is 17.9 Å². The van der Waals surface area contributed by atoms with Crippen LogP contribution in [0, 0.1) is 0 Å². The monoisotopic (exact) mass is 420 g/mol. The van der Waals surface area contributed by atoms with Crippen molar-refractivity contribution in [3.63, 3.8) is 0 Å². The van der Waals surface area contributed by atoms with Crippen molar-refractivity contribution in [3.8, 4) is 11.5 Å². The lowest BCUT2D eigenvalue weighted by atomic mass is 10.0. The fraction of sp³-hybridized carbons (Fsp3) is 0.261. The summed E-state index contributed by atoms with van der Waals surface area (Å²) < 4.78 is 12.3. The Bertz CT molecular complexity index is 1110. The van der Waals surface area contributed by atoms with Gasteiger partial charge in [-0.3, -0.25) is 14.3 Å². The van der Waals surface area contributed by atoms with E-state index in [9.17, 15) is 9.59 Å². The Labute approximate surface area is 180 Å². The third kappa shape index (κ3) is 3.84. The number of amides is 2. The second-order valence-electron chi connectivity index (χ2n) is 7.25. The molecule has 1 atom stereocenters. The molecule has 1 aromatic heterocycles. The largest absolute Gasteiger partial charge is 0.493 e. The number of fused-ring (bicyclic) bond motifs is 1. The van der Waals surface area contributed by atoms with Crippen molar-refractivity contribution in [2.75, 3.05) is 25.7 Å². The van der Waals surface area contributed by atoms with Gasteiger partial charge >= 0.3 is 0 Å². The number of aromatic nitrogens is 2. The molecule has 8 nitrogen and oxygen atoms in total. The Morgan fingerprint density at radius 1 is 1.03 bits per heavy atom. The van der Waals surface area contributed by atoms with Gasteiger partial charge in [0.2, 0.25) is 0 Å². The van der Waals surface area contributed by atoms with Gasteiger partial charge in [0.1, 0.15) is 0 Å². The van der Waals surface area contributed by atoms with Crippen molar-refractivity contribution in [3.05, 3.63) is 71.5 Å². The lowest BCUT2D eigenvalue weighted by molar-refractivity contribution is 0.0931. The summed E-state index contributed by atoms with van der Waals surface area (Å²) in [5.41, 5.74) is 2.56. The quantitative estimate of drug-likeness (QED) is 0.686. The Hall–Kier alpha value is -3.81. The molecular weight excluding hydrogens is 396 g/mol. The number of rotatable bonds is 5. The lowest BCUT2D eigenvalue weighted by Crippen LogP contribution is -2.41. The molecule has 1 N–H and O–H groups in total. The Morgan fingerprint density at radius 3 is 2.48 bits per heavy atom. The molecule has 160 valence electrons. The Kier molecular flexibility index (Phi) is 5.62. The normalized spacial score (nSPS) is 15.2. The van der Waals surface area contributed by atoms with Crippen LogP contribution in [0.1, 0.15) is 38.9 Å². The van der Waals surface area contributed by atoms with Gasteiger partial charge in [0, 0.05) is 24.7 Å². The van der Waals surface area contributed by atoms with Crippen LogP contribution < -0.4 is 19.7 Å². The maximum Gasteiger partial charge on any atom is 0.258 e. The number of aryl methyl sites for hydroxylation is 1. The number of methoxy groups -OCH3 is 2. The smallest absolute Gasteiger partial charge is 0.258 e. The van der Waals surface area contributed by atoms with Crippen molar-refractivity contribution in [1.82, 2.24) is 15.1 Å². The van der Waals surface area contributed by atoms with Gasteiger partial charge in [-0.1, -0.05) is 18.2 Å². The lowest BCUT2D eigenvalue weighted by Gasteiger charge is -2.32. The molecule has 1 unspecified atom stereocenters. The Balaban J connectivity index is 1.60. The maximum absolute atomic E-state index is 13.3. The maximum atomic E-state index is 13.3. The number of hydrogen-bond donors (Lipinski definition) is 1. The number of carbonyl (C=O) groups is 2. The number of nitrogens with one attached hydrogen (secondary N) is 1. The van der Waals surface area contributed by atoms with Crippen molar-refractivity contribution >= 4 is 17.5 Å². The standard InChI is InChI=1S/C23H24N4O4/c1-26-21-17(25-22(28)15-7-5-4-6-8-15)11-12-27(18(21)14-24-26)23(29)16-9-10-19(30-2)20(13-16)31-3/h4-10,13-14,17H,11-12H2,1-3H3,(H,25,28). The number of anilines is 1. The van der Waals surface area contributed by atoms with Crippen LogP contribution in [0.3, 0.4) is 0 Å². The minimum absolute atomic E-state index is 0.155. The van der Waals surface area contributed by atoms with Crippen LogP contribution in [0.5, 0.6) is 11.5 Å². The third-order valence-electron chi connectivity index (χ3n) is 5.44. The van der Waals surface area contributed by atoms with Gasteiger partial charge < -0.3 is 19.7 Å². The van der Waals surface area contributed by atoms with Gasteiger partial charge in [0.05, 0.1) is 37.8 Å². The molecule has 0 fully saturated rings. The van der Waals surface area contributed by atoms with Crippen LogP contribution >= 0.6 is 0 Å². The molecular formula is C23H24N4O4. The highest BCUT2D eigenvalue weighted by molar-refractivity contribution is 6.07. The van der Waals surface area contributed by atoms with Crippen LogP contribution in [-0.2, 0) is 7.05 Å². The molecule has 0 saturated heterocycles. The van der Waals surface area contributed by atoms with Crippen molar-refractivity contribution < 1.29 is 19.1 Å². The second-order valence-corrected chi connectivity index (χ2v) is 7.25. The van der Waals surface area contributed by atoms with Gasteiger partial charge in [-0.15, -0.1) is 0 Å². The van der Waals surface area contributed by atoms with E-state index < -0.39 is 0 Å². The number of nitrogens with zero attached hydrogens (tertiary/aromatic N) is 3. The van der Waals surface area contributed by atoms with Crippen LogP contribution in [-0.4, -0.2) is 42.4 Å². The summed E-state index contributed by atoms with van der Waals surface area (Å²) in [6, 6.07) is 13.9. The summed E-state index contributed by atoms with van der Waals surface area (Å²) in [4.78, 5) is 27.7. The molecule has 2 heterocycles. The first-order valence-corrected chi connectivity index (χ1v) is 9.95. The van der Waals surface area contributed by atoms with Gasteiger partial charge in [-0.05, 0) is 36.8 Å². The van der Waals surface area contributed by atoms with Crippen molar-refractivity contribution in [2.45, 2.75) is 12.5 Å². The molecule has 2 amide bonds. The van der Waals surface area contributed by atoms with Gasteiger partial charge in [-0.25, -0.2) is 0 Å². The van der Waals surface area contributed by atoms with E-state index in [2.05, 4.69) is 10.4 Å². The molecule has 4 rings (SSSR count). The molecule has 0 aliphatic carbocycles. The molecule has 3 aromatic rings. The minimum Gasteiger partial charge on any atom is -0.493 e. The molecule has 8 heteroatoms. The van der Waals surface area contributed by atoms with E-state index in [4.69, 9.17) is 9.47 Å². The number of carbonyl (C=O) groups excluding carboxylic acids is 2. The average Bonchev–Trinajstić information content (AvgIpc) is 3.21. The number of hydrogen-bond acceptors (Lipinski definition) is 5. The van der Waals surface area contributed by atoms with Crippen LogP contribution in [0.2, 0.25) is 0 Å². The van der Waals surface area contributed by atoms with Crippen LogP contribution in [0.4, 0.5) is 5.69 Å². The topological polar surface area (TPSA) is 85.7 Å². The van der Waals surface area contributed by atoms with E-state index in [1.165, 1.54) is 7.11 Å². The van der Waals surface area contributed by atoms with Crippen molar-refractivity contribution in [1.29, 1.82) is 0 Å². The summed E-state index contributed by atoms with van der Waals surface area (Å²) in [6.45, 7) is 0.450. The third-order valence-corrected chi connectivity index (χ3v) is 5.44. The zero-order chi connectivity index (χ0) is 22.0. The predicted molar refractivity (Wildman–Crippen MR) is 116 cm³/mol. The highest BCUT2D eigenvalue weighted by Gasteiger charge is 2.33. The summed E-state index contributed by atoms with van der Waals surface area (Å²) in [5.74, 6) is 0.730. The zero-order valence-electron chi connectivity index (χ0n) is 17.7. The summed E-state index contributed by atoms with van der Waals surface area (Å²) in [5, 5.41) is 7.42. The van der Waals surface area contributed by atoms with Crippen LogP contribution in [0.25, 0.3) is 0 Å². The highest BCUT2D eigenvalue weighted by atomic mass is 16.5. The first kappa shape index (κ1) is 20.5. The van der Waals surface area contributed by atoms with E-state index in [0.29, 0.717) is 41.3 Å². The summed E-state index contributed by atoms with van der Waals surface area (Å²) >= 11 is 0. The fourth-order valence-electron chi connectivity index (χ4n) is 3.87. The molecule has 0 spiro atoms. The molecule has 1 aliphatic heterocycles.